The van der Waals surface area contributed by atoms with Gasteiger partial charge in [0.05, 0.1) is 13.2 Å². The van der Waals surface area contributed by atoms with Crippen molar-refractivity contribution in [2.45, 2.75) is 25.8 Å². The highest BCUT2D eigenvalue weighted by Crippen LogP contribution is 2.32. The van der Waals surface area contributed by atoms with Gasteiger partial charge in [-0.3, -0.25) is 0 Å². The lowest BCUT2D eigenvalue weighted by atomic mass is 10.1. The van der Waals surface area contributed by atoms with Crippen LogP contribution in [0.15, 0.2) is 18.2 Å². The largest absolute Gasteiger partial charge is 0.490 e. The summed E-state index contributed by atoms with van der Waals surface area (Å²) >= 11 is 0. The molecule has 0 fully saturated rings. The van der Waals surface area contributed by atoms with E-state index in [1.54, 1.807) is 0 Å². The number of nitrogens with one attached hydrogen (secondary N) is 1. The van der Waals surface area contributed by atoms with Crippen LogP contribution >= 0.6 is 0 Å². The van der Waals surface area contributed by atoms with Crippen molar-refractivity contribution in [3.8, 4) is 11.5 Å². The molecule has 0 atom stereocenters. The van der Waals surface area contributed by atoms with Gasteiger partial charge in [0.1, 0.15) is 0 Å². The first kappa shape index (κ1) is 12.0. The molecule has 0 spiro atoms. The lowest BCUT2D eigenvalue weighted by Gasteiger charge is -2.26. The van der Waals surface area contributed by atoms with Gasteiger partial charge in [-0.25, -0.2) is 0 Å². The zero-order chi connectivity index (χ0) is 12.3. The molecule has 0 unspecified atom stereocenters. The van der Waals surface area contributed by atoms with Crippen LogP contribution in [0.3, 0.4) is 0 Å². The number of nitrogens with two attached hydrogens (primary N) is 1. The topological polar surface area (TPSA) is 56.5 Å². The number of fused-ring (bicyclic) bond motifs is 1. The molecule has 0 radical (unpaired) electrons. The predicted molar refractivity (Wildman–Crippen MR) is 68.8 cm³/mol. The smallest absolute Gasteiger partial charge is 0.163 e. The average molecular weight is 236 g/mol. The molecule has 0 bridgehead atoms. The number of anilines is 1. The second kappa shape index (κ2) is 4.84. The number of hydrogen-bond donors (Lipinski definition) is 2. The maximum Gasteiger partial charge on any atom is 0.163 e. The van der Waals surface area contributed by atoms with Gasteiger partial charge in [0, 0.05) is 30.3 Å². The van der Waals surface area contributed by atoms with Gasteiger partial charge in [0.25, 0.3) is 0 Å². The highest BCUT2D eigenvalue weighted by Gasteiger charge is 2.16. The summed E-state index contributed by atoms with van der Waals surface area (Å²) in [5, 5.41) is 3.38. The highest BCUT2D eigenvalue weighted by atomic mass is 16.5. The summed E-state index contributed by atoms with van der Waals surface area (Å²) < 4.78 is 11.2. The molecule has 0 saturated carbocycles. The first-order chi connectivity index (χ1) is 8.11. The summed E-state index contributed by atoms with van der Waals surface area (Å²) in [7, 11) is 0. The van der Waals surface area contributed by atoms with Gasteiger partial charge in [0.15, 0.2) is 11.5 Å². The second-order valence-corrected chi connectivity index (χ2v) is 4.92. The molecule has 4 nitrogen and oxygen atoms in total. The van der Waals surface area contributed by atoms with E-state index in [-0.39, 0.29) is 5.54 Å². The van der Waals surface area contributed by atoms with E-state index in [4.69, 9.17) is 15.2 Å². The number of hydrogen-bond acceptors (Lipinski definition) is 4. The van der Waals surface area contributed by atoms with E-state index in [0.717, 1.165) is 23.6 Å². The van der Waals surface area contributed by atoms with Gasteiger partial charge in [0.2, 0.25) is 0 Å². The lowest BCUT2D eigenvalue weighted by molar-refractivity contribution is 0.297. The van der Waals surface area contributed by atoms with Gasteiger partial charge in [-0.1, -0.05) is 0 Å². The molecule has 0 saturated heterocycles. The Morgan fingerprint density at radius 2 is 1.94 bits per heavy atom. The first-order valence-corrected chi connectivity index (χ1v) is 5.99. The van der Waals surface area contributed by atoms with Crippen molar-refractivity contribution in [1.29, 1.82) is 0 Å². The summed E-state index contributed by atoms with van der Waals surface area (Å²) in [5.41, 5.74) is 6.58. The van der Waals surface area contributed by atoms with E-state index in [1.807, 2.05) is 18.2 Å². The predicted octanol–water partition coefficient (Wildman–Crippen LogP) is 2.00. The van der Waals surface area contributed by atoms with Crippen molar-refractivity contribution in [1.82, 2.24) is 0 Å². The fourth-order valence-corrected chi connectivity index (χ4v) is 1.68. The van der Waals surface area contributed by atoms with Gasteiger partial charge in [-0.15, -0.1) is 0 Å². The normalized spacial score (nSPS) is 15.2. The summed E-state index contributed by atoms with van der Waals surface area (Å²) in [5.74, 6) is 1.62. The molecule has 17 heavy (non-hydrogen) atoms. The fraction of sp³-hybridized carbons (Fsp3) is 0.538. The van der Waals surface area contributed by atoms with Gasteiger partial charge >= 0.3 is 0 Å². The number of ether oxygens (including phenoxy) is 2. The molecule has 1 aliphatic heterocycles. The van der Waals surface area contributed by atoms with Gasteiger partial charge in [-0.05, 0) is 26.0 Å². The van der Waals surface area contributed by atoms with E-state index < -0.39 is 0 Å². The van der Waals surface area contributed by atoms with Crippen molar-refractivity contribution >= 4 is 5.69 Å². The molecule has 1 aromatic rings. The Morgan fingerprint density at radius 1 is 1.24 bits per heavy atom. The lowest BCUT2D eigenvalue weighted by Crippen LogP contribution is -2.39. The molecule has 94 valence electrons. The summed E-state index contributed by atoms with van der Waals surface area (Å²) in [6, 6.07) is 5.90. The maximum absolute atomic E-state index is 5.70. The SMILES string of the molecule is CC(C)(CN)Nc1ccc2c(c1)OCCCO2. The minimum atomic E-state index is -0.125. The maximum atomic E-state index is 5.70. The molecular weight excluding hydrogens is 216 g/mol. The fourth-order valence-electron chi connectivity index (χ4n) is 1.68. The van der Waals surface area contributed by atoms with E-state index in [0.29, 0.717) is 19.8 Å². The minimum Gasteiger partial charge on any atom is -0.490 e. The van der Waals surface area contributed by atoms with E-state index in [1.165, 1.54) is 0 Å². The Bertz CT molecular complexity index is 391. The summed E-state index contributed by atoms with van der Waals surface area (Å²) in [6.45, 7) is 6.12. The van der Waals surface area contributed by atoms with Crippen LogP contribution in [0.5, 0.6) is 11.5 Å². The molecule has 1 aromatic carbocycles. The van der Waals surface area contributed by atoms with Crippen molar-refractivity contribution in [2.75, 3.05) is 25.1 Å². The van der Waals surface area contributed by atoms with Crippen LogP contribution in [0.25, 0.3) is 0 Å². The van der Waals surface area contributed by atoms with Crippen molar-refractivity contribution < 1.29 is 9.47 Å². The third-order valence-electron chi connectivity index (χ3n) is 2.74. The van der Waals surface area contributed by atoms with Crippen LogP contribution in [0.2, 0.25) is 0 Å². The first-order valence-electron chi connectivity index (χ1n) is 5.99. The summed E-state index contributed by atoms with van der Waals surface area (Å²) in [6.07, 6.45) is 0.922. The van der Waals surface area contributed by atoms with Gasteiger partial charge < -0.3 is 20.5 Å². The Morgan fingerprint density at radius 3 is 2.65 bits per heavy atom. The molecule has 1 heterocycles. The van der Waals surface area contributed by atoms with Crippen LogP contribution in [0.4, 0.5) is 5.69 Å². The van der Waals surface area contributed by atoms with Crippen LogP contribution in [0.1, 0.15) is 20.3 Å². The molecule has 0 amide bonds. The number of benzene rings is 1. The Hall–Kier alpha value is -1.42. The molecule has 0 aromatic heterocycles. The van der Waals surface area contributed by atoms with Crippen molar-refractivity contribution in [3.63, 3.8) is 0 Å². The standard InChI is InChI=1S/C13H20N2O2/c1-13(2,9-14)15-10-4-5-11-12(8-10)17-7-3-6-16-11/h4-5,8,15H,3,6-7,9,14H2,1-2H3. The molecular formula is C13H20N2O2. The third-order valence-corrected chi connectivity index (χ3v) is 2.74. The molecule has 0 aliphatic carbocycles. The zero-order valence-electron chi connectivity index (χ0n) is 10.5. The minimum absolute atomic E-state index is 0.125. The highest BCUT2D eigenvalue weighted by molar-refractivity contribution is 5.56. The second-order valence-electron chi connectivity index (χ2n) is 4.92. The summed E-state index contributed by atoms with van der Waals surface area (Å²) in [4.78, 5) is 0. The number of rotatable bonds is 3. The molecule has 4 heteroatoms. The van der Waals surface area contributed by atoms with E-state index in [9.17, 15) is 0 Å². The average Bonchev–Trinajstić information content (AvgIpc) is 2.53. The molecule has 3 N–H and O–H groups in total. The van der Waals surface area contributed by atoms with Gasteiger partial charge in [-0.2, -0.15) is 0 Å². The van der Waals surface area contributed by atoms with Crippen molar-refractivity contribution in [2.24, 2.45) is 5.73 Å². The van der Waals surface area contributed by atoms with E-state index in [2.05, 4.69) is 19.2 Å². The van der Waals surface area contributed by atoms with Crippen LogP contribution < -0.4 is 20.5 Å². The molecule has 2 rings (SSSR count). The monoisotopic (exact) mass is 236 g/mol. The molecule has 1 aliphatic rings. The van der Waals surface area contributed by atoms with E-state index >= 15 is 0 Å². The van der Waals surface area contributed by atoms with Crippen LogP contribution in [-0.2, 0) is 0 Å². The zero-order valence-corrected chi connectivity index (χ0v) is 10.5. The Balaban J connectivity index is 2.18. The van der Waals surface area contributed by atoms with Crippen LogP contribution in [-0.4, -0.2) is 25.3 Å². The third kappa shape index (κ3) is 3.03. The van der Waals surface area contributed by atoms with Crippen LogP contribution in [0, 0.1) is 0 Å². The Labute approximate surface area is 102 Å². The van der Waals surface area contributed by atoms with Crippen molar-refractivity contribution in [3.05, 3.63) is 18.2 Å². The Kier molecular flexibility index (Phi) is 3.43. The quantitative estimate of drug-likeness (QED) is 0.842.